The van der Waals surface area contributed by atoms with Crippen LogP contribution in [0.1, 0.15) is 37.5 Å². The van der Waals surface area contributed by atoms with Crippen LogP contribution in [-0.4, -0.2) is 39.7 Å². The minimum Gasteiger partial charge on any atom is -0.463 e. The highest BCUT2D eigenvalue weighted by Gasteiger charge is 2.28. The molecule has 1 aromatic heterocycles. The van der Waals surface area contributed by atoms with E-state index in [0.717, 1.165) is 18.8 Å². The van der Waals surface area contributed by atoms with Gasteiger partial charge in [0.2, 0.25) is 5.91 Å². The molecule has 1 aliphatic heterocycles. The Labute approximate surface area is 160 Å². The number of amides is 1. The lowest BCUT2D eigenvalue weighted by molar-refractivity contribution is -0.936. The normalized spacial score (nSPS) is 16.7. The lowest BCUT2D eigenvalue weighted by Crippen LogP contribution is -3.13. The van der Waals surface area contributed by atoms with Gasteiger partial charge in [-0.2, -0.15) is 0 Å². The largest absolute Gasteiger partial charge is 0.463 e. The van der Waals surface area contributed by atoms with Gasteiger partial charge in [-0.15, -0.1) is 0 Å². The van der Waals surface area contributed by atoms with E-state index in [9.17, 15) is 13.2 Å². The maximum absolute atomic E-state index is 12.3. The van der Waals surface area contributed by atoms with E-state index in [0.29, 0.717) is 6.54 Å². The Kier molecular flexibility index (Phi) is 6.68. The second-order valence-electron chi connectivity index (χ2n) is 6.97. The number of sulfone groups is 1. The van der Waals surface area contributed by atoms with Crippen LogP contribution in [-0.2, 0) is 14.6 Å². The van der Waals surface area contributed by atoms with Crippen molar-refractivity contribution in [1.29, 1.82) is 0 Å². The van der Waals surface area contributed by atoms with Gasteiger partial charge in [0.05, 0.1) is 36.5 Å². The summed E-state index contributed by atoms with van der Waals surface area (Å²) in [5.41, 5.74) is 0. The van der Waals surface area contributed by atoms with Crippen molar-refractivity contribution in [3.63, 3.8) is 0 Å². The molecule has 1 aromatic carbocycles. The van der Waals surface area contributed by atoms with Gasteiger partial charge in [0, 0.05) is 6.42 Å². The molecule has 3 rings (SSSR count). The van der Waals surface area contributed by atoms with Crippen molar-refractivity contribution in [3.05, 3.63) is 54.5 Å². The van der Waals surface area contributed by atoms with Crippen LogP contribution in [0.2, 0.25) is 0 Å². The summed E-state index contributed by atoms with van der Waals surface area (Å²) in [5, 5.41) is 2.91. The van der Waals surface area contributed by atoms with Crippen LogP contribution < -0.4 is 10.2 Å². The van der Waals surface area contributed by atoms with Crippen LogP contribution in [0.4, 0.5) is 0 Å². The number of likely N-dealkylation sites (tertiary alicyclic amines) is 1. The van der Waals surface area contributed by atoms with Crippen molar-refractivity contribution in [2.24, 2.45) is 0 Å². The molecule has 146 valence electrons. The van der Waals surface area contributed by atoms with Crippen LogP contribution >= 0.6 is 0 Å². The zero-order valence-corrected chi connectivity index (χ0v) is 16.2. The quantitative estimate of drug-likeness (QED) is 0.712. The summed E-state index contributed by atoms with van der Waals surface area (Å²) in [6.45, 7) is 2.57. The molecule has 0 unspecified atom stereocenters. The Balaban J connectivity index is 1.55. The molecule has 1 saturated heterocycles. The molecule has 1 aliphatic rings. The smallest absolute Gasteiger partial charge is 0.221 e. The number of nitrogens with one attached hydrogen (secondary N) is 2. The molecule has 2 aromatic rings. The fraction of sp³-hybridized carbons (Fsp3) is 0.450. The number of hydrogen-bond acceptors (Lipinski definition) is 4. The van der Waals surface area contributed by atoms with Crippen LogP contribution in [0.25, 0.3) is 0 Å². The first-order valence-corrected chi connectivity index (χ1v) is 11.1. The van der Waals surface area contributed by atoms with Gasteiger partial charge in [0.1, 0.15) is 0 Å². The predicted octanol–water partition coefficient (Wildman–Crippen LogP) is 1.37. The number of carbonyl (C=O) groups is 1. The number of furan rings is 1. The Hall–Kier alpha value is -2.12. The van der Waals surface area contributed by atoms with E-state index in [1.165, 1.54) is 24.2 Å². The summed E-state index contributed by atoms with van der Waals surface area (Å²) < 4.78 is 30.2. The summed E-state index contributed by atoms with van der Waals surface area (Å²) in [7, 11) is -3.44. The standard InChI is InChI=1S/C20H26N2O4S/c23-20(11-15-27(24,25)17-8-3-1-4-9-17)21-16-18(19-10-7-14-26-19)22-12-5-2-6-13-22/h1,3-4,7-10,14,18H,2,5-6,11-13,15-16H2,(H,21,23)/p+1/t18-/m0/s1. The molecule has 1 amide bonds. The van der Waals surface area contributed by atoms with Gasteiger partial charge in [-0.25, -0.2) is 8.42 Å². The molecule has 0 radical (unpaired) electrons. The summed E-state index contributed by atoms with van der Waals surface area (Å²) >= 11 is 0. The average molecular weight is 392 g/mol. The Bertz CT molecular complexity index is 813. The minimum atomic E-state index is -3.44. The van der Waals surface area contributed by atoms with Crippen molar-refractivity contribution in [2.75, 3.05) is 25.4 Å². The molecule has 0 aliphatic carbocycles. The zero-order chi connectivity index (χ0) is 19.1. The van der Waals surface area contributed by atoms with E-state index in [4.69, 9.17) is 4.42 Å². The molecule has 0 spiro atoms. The highest BCUT2D eigenvalue weighted by molar-refractivity contribution is 7.91. The first-order chi connectivity index (χ1) is 13.1. The topological polar surface area (TPSA) is 80.8 Å². The van der Waals surface area contributed by atoms with Crippen LogP contribution in [0.15, 0.2) is 58.0 Å². The van der Waals surface area contributed by atoms with E-state index in [1.807, 2.05) is 12.1 Å². The van der Waals surface area contributed by atoms with Gasteiger partial charge in [-0.1, -0.05) is 18.2 Å². The van der Waals surface area contributed by atoms with Gasteiger partial charge < -0.3 is 14.6 Å². The molecule has 7 heteroatoms. The van der Waals surface area contributed by atoms with Crippen molar-refractivity contribution < 1.29 is 22.5 Å². The zero-order valence-electron chi connectivity index (χ0n) is 15.4. The summed E-state index contributed by atoms with van der Waals surface area (Å²) in [6.07, 6.45) is 5.21. The molecule has 0 bridgehead atoms. The second kappa shape index (κ2) is 9.19. The van der Waals surface area contributed by atoms with E-state index >= 15 is 0 Å². The molecular formula is C20H27N2O4S+. The van der Waals surface area contributed by atoms with Crippen molar-refractivity contribution in [1.82, 2.24) is 5.32 Å². The number of rotatable bonds is 8. The van der Waals surface area contributed by atoms with Crippen LogP contribution in [0, 0.1) is 0 Å². The van der Waals surface area contributed by atoms with Crippen molar-refractivity contribution in [2.45, 2.75) is 36.6 Å². The summed E-state index contributed by atoms with van der Waals surface area (Å²) in [4.78, 5) is 13.9. The summed E-state index contributed by atoms with van der Waals surface area (Å²) in [6, 6.07) is 12.1. The maximum Gasteiger partial charge on any atom is 0.221 e. The monoisotopic (exact) mass is 391 g/mol. The number of carbonyl (C=O) groups excluding carboxylic acids is 1. The van der Waals surface area contributed by atoms with E-state index < -0.39 is 9.84 Å². The Morgan fingerprint density at radius 2 is 1.81 bits per heavy atom. The summed E-state index contributed by atoms with van der Waals surface area (Å²) in [5.74, 6) is 0.428. The van der Waals surface area contributed by atoms with E-state index in [1.54, 1.807) is 36.6 Å². The maximum atomic E-state index is 12.3. The molecular weight excluding hydrogens is 364 g/mol. The number of piperidine rings is 1. The minimum absolute atomic E-state index is 0.0442. The molecule has 0 saturated carbocycles. The molecule has 2 heterocycles. The van der Waals surface area contributed by atoms with Crippen LogP contribution in [0.5, 0.6) is 0 Å². The van der Waals surface area contributed by atoms with Gasteiger partial charge in [-0.05, 0) is 43.5 Å². The third-order valence-electron chi connectivity index (χ3n) is 5.08. The lowest BCUT2D eigenvalue weighted by Gasteiger charge is -2.30. The van der Waals surface area contributed by atoms with Gasteiger partial charge in [0.15, 0.2) is 21.6 Å². The Morgan fingerprint density at radius 1 is 1.07 bits per heavy atom. The number of benzene rings is 1. The van der Waals surface area contributed by atoms with Gasteiger partial charge in [-0.3, -0.25) is 4.79 Å². The second-order valence-corrected chi connectivity index (χ2v) is 9.08. The van der Waals surface area contributed by atoms with E-state index in [-0.39, 0.29) is 29.0 Å². The van der Waals surface area contributed by atoms with E-state index in [2.05, 4.69) is 5.32 Å². The molecule has 1 atom stereocenters. The van der Waals surface area contributed by atoms with Gasteiger partial charge >= 0.3 is 0 Å². The third-order valence-corrected chi connectivity index (χ3v) is 6.81. The first-order valence-electron chi connectivity index (χ1n) is 9.49. The van der Waals surface area contributed by atoms with Crippen molar-refractivity contribution >= 4 is 15.7 Å². The average Bonchev–Trinajstić information content (AvgIpc) is 3.23. The lowest BCUT2D eigenvalue weighted by atomic mass is 10.1. The molecule has 2 N–H and O–H groups in total. The molecule has 6 nitrogen and oxygen atoms in total. The number of hydrogen-bond donors (Lipinski definition) is 2. The van der Waals surface area contributed by atoms with Crippen LogP contribution in [0.3, 0.4) is 0 Å². The fourth-order valence-corrected chi connectivity index (χ4v) is 4.83. The Morgan fingerprint density at radius 3 is 2.48 bits per heavy atom. The SMILES string of the molecule is O=C(CCS(=O)(=O)c1ccccc1)NC[C@@H](c1ccco1)[NH+]1CCCCC1. The highest BCUT2D eigenvalue weighted by atomic mass is 32.2. The fourth-order valence-electron chi connectivity index (χ4n) is 3.57. The van der Waals surface area contributed by atoms with Gasteiger partial charge in [0.25, 0.3) is 0 Å². The van der Waals surface area contributed by atoms with Crippen molar-refractivity contribution in [3.8, 4) is 0 Å². The molecule has 27 heavy (non-hydrogen) atoms. The third kappa shape index (κ3) is 5.43. The first kappa shape index (κ1) is 19.6. The number of quaternary nitrogens is 1. The molecule has 1 fully saturated rings. The predicted molar refractivity (Wildman–Crippen MR) is 102 cm³/mol. The highest BCUT2D eigenvalue weighted by Crippen LogP contribution is 2.13.